The standard InChI is InChI=1S/C32H49NS/c1-21(2)9-8-10-22(3)25-15-16-26-24-14-13-23-19-32(33-28-11-6-7-12-29(28)34-32)20-31(23,5)27(24)17-18-30(25,26)4/h6-7,11-12,21-27,33H,8-10,13-20H2,1-5H3/t22-,23+,24+,25-,26+,27+,30-,31+,32?/m1/s1. The van der Waals surface area contributed by atoms with E-state index in [1.54, 1.807) is 0 Å². The van der Waals surface area contributed by atoms with Crippen molar-refractivity contribution >= 4 is 17.4 Å². The Labute approximate surface area is 214 Å². The van der Waals surface area contributed by atoms with Crippen molar-refractivity contribution in [3.8, 4) is 0 Å². The number of rotatable bonds is 5. The van der Waals surface area contributed by atoms with E-state index in [0.717, 1.165) is 41.4 Å². The van der Waals surface area contributed by atoms with Gasteiger partial charge in [-0.2, -0.15) is 0 Å². The molecule has 4 fully saturated rings. The lowest BCUT2D eigenvalue weighted by atomic mass is 9.47. The molecule has 6 rings (SSSR count). The zero-order valence-electron chi connectivity index (χ0n) is 22.5. The summed E-state index contributed by atoms with van der Waals surface area (Å²) >= 11 is 2.17. The number of nitrogens with one attached hydrogen (secondary N) is 1. The maximum atomic E-state index is 4.05. The molecule has 0 radical (unpaired) electrons. The van der Waals surface area contributed by atoms with Gasteiger partial charge in [0.2, 0.25) is 0 Å². The molecule has 0 amide bonds. The number of hydrogen-bond donors (Lipinski definition) is 1. The van der Waals surface area contributed by atoms with E-state index in [9.17, 15) is 0 Å². The molecule has 4 aliphatic carbocycles. The molecule has 1 heterocycles. The average Bonchev–Trinajstić information content (AvgIpc) is 3.41. The fourth-order valence-corrected chi connectivity index (χ4v) is 12.2. The van der Waals surface area contributed by atoms with E-state index < -0.39 is 0 Å². The first-order chi connectivity index (χ1) is 16.2. The fraction of sp³-hybridized carbons (Fsp3) is 0.812. The highest BCUT2D eigenvalue weighted by molar-refractivity contribution is 8.01. The Balaban J connectivity index is 1.18. The van der Waals surface area contributed by atoms with Crippen LogP contribution in [0.25, 0.3) is 0 Å². The molecule has 2 heteroatoms. The predicted octanol–water partition coefficient (Wildman–Crippen LogP) is 9.63. The van der Waals surface area contributed by atoms with Gasteiger partial charge in [0, 0.05) is 10.6 Å². The molecule has 0 aromatic heterocycles. The number of hydrogen-bond acceptors (Lipinski definition) is 2. The van der Waals surface area contributed by atoms with Crippen LogP contribution in [0.3, 0.4) is 0 Å². The Morgan fingerprint density at radius 3 is 2.53 bits per heavy atom. The number of fused-ring (bicyclic) bond motifs is 6. The molecule has 1 aromatic carbocycles. The van der Waals surface area contributed by atoms with E-state index in [-0.39, 0.29) is 4.87 Å². The summed E-state index contributed by atoms with van der Waals surface area (Å²) in [6.45, 7) is 12.9. The smallest absolute Gasteiger partial charge is 0.0889 e. The van der Waals surface area contributed by atoms with Crippen molar-refractivity contribution in [3.63, 3.8) is 0 Å². The molecular formula is C32H49NS. The van der Waals surface area contributed by atoms with E-state index in [0.29, 0.717) is 10.8 Å². The van der Waals surface area contributed by atoms with Crippen LogP contribution in [0.15, 0.2) is 29.2 Å². The summed E-state index contributed by atoms with van der Waals surface area (Å²) in [4.78, 5) is 1.75. The molecule has 0 bridgehead atoms. The maximum Gasteiger partial charge on any atom is 0.0889 e. The van der Waals surface area contributed by atoms with Crippen LogP contribution in [0.5, 0.6) is 0 Å². The summed E-state index contributed by atoms with van der Waals surface area (Å²) in [5, 5.41) is 4.05. The zero-order valence-corrected chi connectivity index (χ0v) is 23.4. The largest absolute Gasteiger partial charge is 0.369 e. The van der Waals surface area contributed by atoms with Crippen LogP contribution < -0.4 is 5.32 Å². The molecule has 0 saturated heterocycles. The Morgan fingerprint density at radius 2 is 1.74 bits per heavy atom. The molecule has 4 saturated carbocycles. The molecular weight excluding hydrogens is 430 g/mol. The summed E-state index contributed by atoms with van der Waals surface area (Å²) < 4.78 is 0. The molecule has 1 aromatic rings. The lowest BCUT2D eigenvalue weighted by molar-refractivity contribution is -0.0903. The second-order valence-corrected chi connectivity index (χ2v) is 15.7. The highest BCUT2D eigenvalue weighted by Gasteiger charge is 2.64. The first kappa shape index (κ1) is 23.7. The molecule has 1 aliphatic heterocycles. The summed E-state index contributed by atoms with van der Waals surface area (Å²) in [5.74, 6) is 6.64. The molecule has 5 aliphatic rings. The lowest BCUT2D eigenvalue weighted by Gasteiger charge is -2.58. The minimum atomic E-state index is 0.266. The number of para-hydroxylation sites is 1. The van der Waals surface area contributed by atoms with Crippen molar-refractivity contribution in [1.29, 1.82) is 0 Å². The van der Waals surface area contributed by atoms with Gasteiger partial charge in [-0.25, -0.2) is 0 Å². The third-order valence-electron chi connectivity index (χ3n) is 12.1. The summed E-state index contributed by atoms with van der Waals surface area (Å²) in [7, 11) is 0. The van der Waals surface area contributed by atoms with Crippen LogP contribution in [0.2, 0.25) is 0 Å². The van der Waals surface area contributed by atoms with Crippen molar-refractivity contribution in [3.05, 3.63) is 24.3 Å². The SMILES string of the molecule is CC(C)CCC[C@@H](C)[C@H]1CC[C@H]2[C@@H]3CC[C@H]4CC5(C[C@]4(C)[C@H]3CC[C@]12C)Nc1ccccc1S5. The van der Waals surface area contributed by atoms with Gasteiger partial charge in [-0.3, -0.25) is 0 Å². The predicted molar refractivity (Wildman–Crippen MR) is 147 cm³/mol. The number of anilines is 1. The molecule has 1 spiro atoms. The molecule has 34 heavy (non-hydrogen) atoms. The number of thioether (sulfide) groups is 1. The van der Waals surface area contributed by atoms with Gasteiger partial charge in [-0.15, -0.1) is 0 Å². The molecule has 188 valence electrons. The average molecular weight is 480 g/mol. The Bertz CT molecular complexity index is 883. The van der Waals surface area contributed by atoms with Gasteiger partial charge < -0.3 is 5.32 Å². The van der Waals surface area contributed by atoms with Gasteiger partial charge in [0.05, 0.1) is 4.87 Å². The highest BCUT2D eigenvalue weighted by Crippen LogP contribution is 2.72. The minimum Gasteiger partial charge on any atom is -0.369 e. The molecule has 9 atom stereocenters. The molecule has 1 unspecified atom stereocenters. The fourth-order valence-electron chi connectivity index (χ4n) is 10.6. The van der Waals surface area contributed by atoms with E-state index in [2.05, 4.69) is 76.0 Å². The van der Waals surface area contributed by atoms with Crippen molar-refractivity contribution in [1.82, 2.24) is 0 Å². The van der Waals surface area contributed by atoms with E-state index in [4.69, 9.17) is 0 Å². The second-order valence-electron chi connectivity index (χ2n) is 14.3. The van der Waals surface area contributed by atoms with Crippen molar-refractivity contribution in [2.75, 3.05) is 5.32 Å². The Kier molecular flexibility index (Phi) is 5.91. The van der Waals surface area contributed by atoms with Crippen LogP contribution in [-0.4, -0.2) is 4.87 Å². The van der Waals surface area contributed by atoms with E-state index in [1.165, 1.54) is 81.2 Å². The first-order valence-corrected chi connectivity index (χ1v) is 15.6. The van der Waals surface area contributed by atoms with E-state index in [1.807, 2.05) is 0 Å². The Hall–Kier alpha value is -0.630. The summed E-state index contributed by atoms with van der Waals surface area (Å²) in [6, 6.07) is 9.06. The van der Waals surface area contributed by atoms with Crippen molar-refractivity contribution in [2.45, 2.75) is 115 Å². The van der Waals surface area contributed by atoms with Crippen LogP contribution >= 0.6 is 11.8 Å². The zero-order chi connectivity index (χ0) is 23.7. The van der Waals surface area contributed by atoms with Gasteiger partial charge in [0.15, 0.2) is 0 Å². The topological polar surface area (TPSA) is 12.0 Å². The summed E-state index contributed by atoms with van der Waals surface area (Å²) in [5.41, 5.74) is 2.55. The normalized spacial score (nSPS) is 45.5. The van der Waals surface area contributed by atoms with E-state index >= 15 is 0 Å². The van der Waals surface area contributed by atoms with Gasteiger partial charge in [-0.05, 0) is 116 Å². The third kappa shape index (κ3) is 3.62. The highest BCUT2D eigenvalue weighted by atomic mass is 32.2. The maximum absolute atomic E-state index is 4.05. The Morgan fingerprint density at radius 1 is 0.941 bits per heavy atom. The van der Waals surface area contributed by atoms with Gasteiger partial charge >= 0.3 is 0 Å². The first-order valence-electron chi connectivity index (χ1n) is 14.8. The second kappa shape index (κ2) is 8.46. The van der Waals surface area contributed by atoms with Crippen LogP contribution in [0, 0.1) is 52.3 Å². The molecule has 1 nitrogen and oxygen atoms in total. The van der Waals surface area contributed by atoms with Crippen molar-refractivity contribution < 1.29 is 0 Å². The lowest BCUT2D eigenvalue weighted by Crippen LogP contribution is -2.51. The summed E-state index contributed by atoms with van der Waals surface area (Å²) in [6.07, 6.45) is 16.1. The van der Waals surface area contributed by atoms with Crippen LogP contribution in [0.1, 0.15) is 105 Å². The van der Waals surface area contributed by atoms with Gasteiger partial charge in [-0.1, -0.05) is 77.8 Å². The van der Waals surface area contributed by atoms with Crippen molar-refractivity contribution in [2.24, 2.45) is 52.3 Å². The quantitative estimate of drug-likeness (QED) is 0.451. The van der Waals surface area contributed by atoms with Crippen LogP contribution in [0.4, 0.5) is 5.69 Å². The minimum absolute atomic E-state index is 0.266. The van der Waals surface area contributed by atoms with Gasteiger partial charge in [0.1, 0.15) is 0 Å². The third-order valence-corrected chi connectivity index (χ3v) is 13.4. The monoisotopic (exact) mass is 479 g/mol. The molecule has 1 N–H and O–H groups in total. The van der Waals surface area contributed by atoms with Gasteiger partial charge in [0.25, 0.3) is 0 Å². The van der Waals surface area contributed by atoms with Crippen LogP contribution in [-0.2, 0) is 0 Å². The number of benzene rings is 1.